The van der Waals surface area contributed by atoms with Crippen LogP contribution in [0.3, 0.4) is 0 Å². The molecule has 1 aromatic heterocycles. The molecule has 1 N–H and O–H groups in total. The molecule has 5 nitrogen and oxygen atoms in total. The van der Waals surface area contributed by atoms with Gasteiger partial charge >= 0.3 is 5.97 Å². The lowest BCUT2D eigenvalue weighted by molar-refractivity contribution is 0.0697. The van der Waals surface area contributed by atoms with Crippen LogP contribution in [0, 0.1) is 0 Å². The van der Waals surface area contributed by atoms with Crippen LogP contribution in [0.2, 0.25) is 5.02 Å². The van der Waals surface area contributed by atoms with Gasteiger partial charge in [-0.1, -0.05) is 11.6 Å². The number of carbonyl (C=O) groups is 1. The molecule has 1 aromatic carbocycles. The first-order valence-corrected chi connectivity index (χ1v) is 6.21. The molecule has 3 rings (SSSR count). The van der Waals surface area contributed by atoms with Gasteiger partial charge in [0.15, 0.2) is 0 Å². The van der Waals surface area contributed by atoms with Crippen molar-refractivity contribution in [3.63, 3.8) is 0 Å². The zero-order chi connectivity index (χ0) is 13.4. The van der Waals surface area contributed by atoms with E-state index in [1.165, 1.54) is 12.4 Å². The molecular formula is C13H11ClN2O3. The van der Waals surface area contributed by atoms with Crippen LogP contribution in [0.1, 0.15) is 21.5 Å². The van der Waals surface area contributed by atoms with E-state index in [1.807, 2.05) is 12.1 Å². The summed E-state index contributed by atoms with van der Waals surface area (Å²) in [5.74, 6) is -0.143. The summed E-state index contributed by atoms with van der Waals surface area (Å²) in [6.07, 6.45) is 3.67. The maximum atomic E-state index is 10.8. The lowest BCUT2D eigenvalue weighted by atomic mass is 10.1. The van der Waals surface area contributed by atoms with Crippen molar-refractivity contribution in [3.05, 3.63) is 46.2 Å². The maximum Gasteiger partial charge on any atom is 0.338 e. The number of aromatic nitrogens is 2. The van der Waals surface area contributed by atoms with Crippen molar-refractivity contribution in [2.45, 2.75) is 13.0 Å². The minimum atomic E-state index is -0.987. The molecule has 0 unspecified atom stereocenters. The minimum Gasteiger partial charge on any atom is -0.493 e. The summed E-state index contributed by atoms with van der Waals surface area (Å²) in [5, 5.41) is 13.5. The van der Waals surface area contributed by atoms with Gasteiger partial charge in [0.1, 0.15) is 5.75 Å². The van der Waals surface area contributed by atoms with Gasteiger partial charge in [0.25, 0.3) is 0 Å². The van der Waals surface area contributed by atoms with Gasteiger partial charge < -0.3 is 9.84 Å². The molecule has 0 saturated carbocycles. The predicted molar refractivity (Wildman–Crippen MR) is 68.9 cm³/mol. The number of fused-ring (bicyclic) bond motifs is 1. The molecule has 0 aliphatic carbocycles. The number of rotatable bonds is 3. The molecule has 1 aliphatic heterocycles. The number of ether oxygens (including phenoxy) is 1. The fourth-order valence-electron chi connectivity index (χ4n) is 2.20. The van der Waals surface area contributed by atoms with Crippen LogP contribution in [-0.2, 0) is 13.0 Å². The first-order chi connectivity index (χ1) is 9.13. The Morgan fingerprint density at radius 3 is 3.11 bits per heavy atom. The van der Waals surface area contributed by atoms with E-state index in [0.717, 1.165) is 23.3 Å². The van der Waals surface area contributed by atoms with Crippen molar-refractivity contribution < 1.29 is 14.6 Å². The highest BCUT2D eigenvalue weighted by atomic mass is 35.5. The predicted octanol–water partition coefficient (Wildman–Crippen LogP) is 2.22. The molecule has 0 spiro atoms. The second-order valence-corrected chi connectivity index (χ2v) is 4.82. The van der Waals surface area contributed by atoms with E-state index in [9.17, 15) is 4.79 Å². The van der Waals surface area contributed by atoms with E-state index in [1.54, 1.807) is 4.68 Å². The Bertz CT molecular complexity index is 651. The smallest absolute Gasteiger partial charge is 0.338 e. The van der Waals surface area contributed by atoms with Crippen LogP contribution < -0.4 is 4.74 Å². The highest BCUT2D eigenvalue weighted by molar-refractivity contribution is 6.30. The molecule has 0 radical (unpaired) electrons. The van der Waals surface area contributed by atoms with Gasteiger partial charge in [-0.15, -0.1) is 0 Å². The summed E-state index contributed by atoms with van der Waals surface area (Å²) in [7, 11) is 0. The monoisotopic (exact) mass is 278 g/mol. The van der Waals surface area contributed by atoms with E-state index in [2.05, 4.69) is 5.10 Å². The summed E-state index contributed by atoms with van der Waals surface area (Å²) in [5.41, 5.74) is 2.17. The van der Waals surface area contributed by atoms with Crippen LogP contribution in [0.25, 0.3) is 0 Å². The Balaban J connectivity index is 1.92. The Labute approximate surface area is 114 Å². The molecule has 19 heavy (non-hydrogen) atoms. The van der Waals surface area contributed by atoms with E-state index in [-0.39, 0.29) is 5.56 Å². The number of carboxylic acid groups (broad SMARTS) is 1. The average Bonchev–Trinajstić information content (AvgIpc) is 2.96. The van der Waals surface area contributed by atoms with Crippen molar-refractivity contribution in [3.8, 4) is 5.75 Å². The minimum absolute atomic E-state index is 0.166. The van der Waals surface area contributed by atoms with E-state index in [4.69, 9.17) is 21.4 Å². The third-order valence-electron chi connectivity index (χ3n) is 3.04. The van der Waals surface area contributed by atoms with Crippen molar-refractivity contribution in [2.24, 2.45) is 0 Å². The fourth-order valence-corrected chi connectivity index (χ4v) is 2.46. The third kappa shape index (κ3) is 2.29. The Kier molecular flexibility index (Phi) is 2.91. The number of benzene rings is 1. The zero-order valence-electron chi connectivity index (χ0n) is 9.97. The topological polar surface area (TPSA) is 64.3 Å². The molecule has 0 fully saturated rings. The highest BCUT2D eigenvalue weighted by Crippen LogP contribution is 2.33. The van der Waals surface area contributed by atoms with Gasteiger partial charge in [0.2, 0.25) is 0 Å². The molecule has 0 saturated heterocycles. The van der Waals surface area contributed by atoms with Gasteiger partial charge in [-0.2, -0.15) is 5.10 Å². The van der Waals surface area contributed by atoms with Gasteiger partial charge in [0, 0.05) is 23.2 Å². The van der Waals surface area contributed by atoms with Gasteiger partial charge in [-0.25, -0.2) is 4.79 Å². The standard InChI is InChI=1S/C13H11ClN2O3/c14-11-3-8-1-2-19-12(8)9(4-11)6-16-7-10(5-15-16)13(17)18/h3-5,7H,1-2,6H2,(H,17,18). The Morgan fingerprint density at radius 1 is 1.53 bits per heavy atom. The maximum absolute atomic E-state index is 10.8. The Hall–Kier alpha value is -2.01. The molecule has 2 aromatic rings. The second kappa shape index (κ2) is 4.59. The van der Waals surface area contributed by atoms with Crippen molar-refractivity contribution in [1.82, 2.24) is 9.78 Å². The first-order valence-electron chi connectivity index (χ1n) is 5.83. The van der Waals surface area contributed by atoms with E-state index < -0.39 is 5.97 Å². The van der Waals surface area contributed by atoms with Crippen molar-refractivity contribution in [1.29, 1.82) is 0 Å². The first kappa shape index (κ1) is 12.0. The number of hydrogen-bond donors (Lipinski definition) is 1. The third-order valence-corrected chi connectivity index (χ3v) is 3.26. The summed E-state index contributed by atoms with van der Waals surface area (Å²) < 4.78 is 7.16. The van der Waals surface area contributed by atoms with Crippen molar-refractivity contribution >= 4 is 17.6 Å². The molecular weight excluding hydrogens is 268 g/mol. The van der Waals surface area contributed by atoms with E-state index >= 15 is 0 Å². The molecule has 0 atom stereocenters. The summed E-state index contributed by atoms with van der Waals surface area (Å²) >= 11 is 6.07. The van der Waals surface area contributed by atoms with Crippen LogP contribution in [-0.4, -0.2) is 27.5 Å². The van der Waals surface area contributed by atoms with Crippen molar-refractivity contribution in [2.75, 3.05) is 6.61 Å². The number of halogens is 1. The number of hydrogen-bond acceptors (Lipinski definition) is 3. The van der Waals surface area contributed by atoms with Crippen LogP contribution >= 0.6 is 11.6 Å². The Morgan fingerprint density at radius 2 is 2.37 bits per heavy atom. The zero-order valence-corrected chi connectivity index (χ0v) is 10.7. The summed E-state index contributed by atoms with van der Waals surface area (Å²) in [6, 6.07) is 3.73. The largest absolute Gasteiger partial charge is 0.493 e. The molecule has 2 heterocycles. The summed E-state index contributed by atoms with van der Waals surface area (Å²) in [6.45, 7) is 1.10. The highest BCUT2D eigenvalue weighted by Gasteiger charge is 2.18. The summed E-state index contributed by atoms with van der Waals surface area (Å²) in [4.78, 5) is 10.8. The molecule has 0 bridgehead atoms. The van der Waals surface area contributed by atoms with Crippen LogP contribution in [0.5, 0.6) is 5.75 Å². The molecule has 1 aliphatic rings. The molecule has 98 valence electrons. The van der Waals surface area contributed by atoms with Gasteiger partial charge in [0.05, 0.1) is 24.9 Å². The fraction of sp³-hybridized carbons (Fsp3) is 0.231. The van der Waals surface area contributed by atoms with Gasteiger partial charge in [-0.05, 0) is 17.7 Å². The molecule has 0 amide bonds. The second-order valence-electron chi connectivity index (χ2n) is 4.38. The van der Waals surface area contributed by atoms with Gasteiger partial charge in [-0.3, -0.25) is 4.68 Å². The average molecular weight is 279 g/mol. The van der Waals surface area contributed by atoms with E-state index in [0.29, 0.717) is 18.2 Å². The lowest BCUT2D eigenvalue weighted by Gasteiger charge is -2.09. The van der Waals surface area contributed by atoms with Crippen LogP contribution in [0.15, 0.2) is 24.5 Å². The molecule has 6 heteroatoms. The normalized spacial score (nSPS) is 13.1. The number of aromatic carboxylic acids is 1. The number of nitrogens with zero attached hydrogens (tertiary/aromatic N) is 2. The SMILES string of the molecule is O=C(O)c1cnn(Cc2cc(Cl)cc3c2OCC3)c1. The van der Waals surface area contributed by atoms with Crippen LogP contribution in [0.4, 0.5) is 0 Å². The lowest BCUT2D eigenvalue weighted by Crippen LogP contribution is -2.02. The number of carboxylic acids is 1. The quantitative estimate of drug-likeness (QED) is 0.935.